The highest BCUT2D eigenvalue weighted by Gasteiger charge is 2.18. The Bertz CT molecular complexity index is 657. The summed E-state index contributed by atoms with van der Waals surface area (Å²) in [6.45, 7) is 2.39. The van der Waals surface area contributed by atoms with E-state index in [0.717, 1.165) is 9.88 Å². The van der Waals surface area contributed by atoms with Crippen molar-refractivity contribution in [3.63, 3.8) is 0 Å². The third-order valence-corrected chi connectivity index (χ3v) is 4.39. The second kappa shape index (κ2) is 5.99. The lowest BCUT2D eigenvalue weighted by Crippen LogP contribution is -2.26. The number of hydrogen-bond acceptors (Lipinski definition) is 4. The Morgan fingerprint density at radius 1 is 1.45 bits per heavy atom. The summed E-state index contributed by atoms with van der Waals surface area (Å²) >= 11 is 13.6. The van der Waals surface area contributed by atoms with Crippen molar-refractivity contribution in [1.82, 2.24) is 9.88 Å². The fourth-order valence-corrected chi connectivity index (χ4v) is 3.02. The van der Waals surface area contributed by atoms with Gasteiger partial charge in [-0.25, -0.2) is 4.98 Å². The molecule has 0 bridgehead atoms. The number of anilines is 1. The maximum Gasteiger partial charge on any atom is 0.255 e. The Balaban J connectivity index is 2.22. The molecule has 0 aliphatic carbocycles. The van der Waals surface area contributed by atoms with Crippen molar-refractivity contribution in [3.8, 4) is 0 Å². The van der Waals surface area contributed by atoms with Crippen molar-refractivity contribution in [2.75, 3.05) is 12.8 Å². The minimum Gasteiger partial charge on any atom is -0.399 e. The van der Waals surface area contributed by atoms with Crippen LogP contribution in [0, 0.1) is 6.92 Å². The summed E-state index contributed by atoms with van der Waals surface area (Å²) in [5, 5.41) is 1.46. The third kappa shape index (κ3) is 3.23. The van der Waals surface area contributed by atoms with Crippen LogP contribution in [0.3, 0.4) is 0 Å². The monoisotopic (exact) mass is 329 g/mol. The summed E-state index contributed by atoms with van der Waals surface area (Å²) in [5.74, 6) is -0.227. The van der Waals surface area contributed by atoms with Crippen molar-refractivity contribution >= 4 is 46.1 Å². The van der Waals surface area contributed by atoms with Crippen molar-refractivity contribution in [2.24, 2.45) is 0 Å². The fraction of sp³-hybridized carbons (Fsp3) is 0.231. The van der Waals surface area contributed by atoms with Gasteiger partial charge in [-0.1, -0.05) is 23.2 Å². The Kier molecular flexibility index (Phi) is 4.52. The van der Waals surface area contributed by atoms with Gasteiger partial charge < -0.3 is 10.6 Å². The van der Waals surface area contributed by atoms with Crippen LogP contribution in [0.15, 0.2) is 18.3 Å². The molecule has 20 heavy (non-hydrogen) atoms. The zero-order valence-electron chi connectivity index (χ0n) is 11.0. The van der Waals surface area contributed by atoms with Gasteiger partial charge >= 0.3 is 0 Å². The van der Waals surface area contributed by atoms with Crippen molar-refractivity contribution < 1.29 is 4.79 Å². The van der Waals surface area contributed by atoms with E-state index in [1.165, 1.54) is 12.1 Å². The lowest BCUT2D eigenvalue weighted by Gasteiger charge is -2.17. The second-order valence-electron chi connectivity index (χ2n) is 4.37. The number of aryl methyl sites for hydroxylation is 1. The first-order valence-corrected chi connectivity index (χ1v) is 7.37. The van der Waals surface area contributed by atoms with Crippen LogP contribution < -0.4 is 5.73 Å². The van der Waals surface area contributed by atoms with Gasteiger partial charge in [-0.2, -0.15) is 0 Å². The molecular weight excluding hydrogens is 317 g/mol. The number of amides is 1. The van der Waals surface area contributed by atoms with E-state index in [1.54, 1.807) is 29.5 Å². The Morgan fingerprint density at radius 2 is 2.15 bits per heavy atom. The summed E-state index contributed by atoms with van der Waals surface area (Å²) in [6.07, 6.45) is 1.76. The average molecular weight is 330 g/mol. The molecule has 0 spiro atoms. The van der Waals surface area contributed by atoms with Crippen LogP contribution in [0.4, 0.5) is 5.69 Å². The number of nitrogen functional groups attached to an aromatic ring is 1. The number of carbonyl (C=O) groups is 1. The number of hydrogen-bond donors (Lipinski definition) is 1. The topological polar surface area (TPSA) is 59.2 Å². The van der Waals surface area contributed by atoms with E-state index in [9.17, 15) is 4.79 Å². The smallest absolute Gasteiger partial charge is 0.255 e. The molecule has 0 aliphatic heterocycles. The number of rotatable bonds is 3. The molecule has 0 radical (unpaired) electrons. The SMILES string of the molecule is Cc1ncc(CN(C)C(=O)c2cc(N)cc(Cl)c2Cl)s1. The maximum atomic E-state index is 12.4. The third-order valence-electron chi connectivity index (χ3n) is 2.69. The van der Waals surface area contributed by atoms with Gasteiger partial charge in [-0.15, -0.1) is 11.3 Å². The summed E-state index contributed by atoms with van der Waals surface area (Å²) in [6, 6.07) is 3.05. The first-order chi connectivity index (χ1) is 9.38. The zero-order chi connectivity index (χ0) is 14.9. The first-order valence-electron chi connectivity index (χ1n) is 5.79. The second-order valence-corrected chi connectivity index (χ2v) is 6.48. The van der Waals surface area contributed by atoms with Gasteiger partial charge in [0, 0.05) is 23.8 Å². The van der Waals surface area contributed by atoms with Crippen molar-refractivity contribution in [1.29, 1.82) is 0 Å². The van der Waals surface area contributed by atoms with Crippen LogP contribution in [-0.4, -0.2) is 22.8 Å². The first kappa shape index (κ1) is 15.1. The molecule has 4 nitrogen and oxygen atoms in total. The largest absolute Gasteiger partial charge is 0.399 e. The molecule has 7 heteroatoms. The normalized spacial score (nSPS) is 10.6. The number of benzene rings is 1. The molecule has 0 saturated carbocycles. The highest BCUT2D eigenvalue weighted by Crippen LogP contribution is 2.29. The Morgan fingerprint density at radius 3 is 2.75 bits per heavy atom. The summed E-state index contributed by atoms with van der Waals surface area (Å²) in [5.41, 5.74) is 6.41. The van der Waals surface area contributed by atoms with Gasteiger partial charge in [0.2, 0.25) is 0 Å². The van der Waals surface area contributed by atoms with Crippen molar-refractivity contribution in [3.05, 3.63) is 43.8 Å². The van der Waals surface area contributed by atoms with Crippen LogP contribution in [0.1, 0.15) is 20.2 Å². The van der Waals surface area contributed by atoms with Crippen LogP contribution in [0.25, 0.3) is 0 Å². The molecule has 2 aromatic rings. The standard InChI is InChI=1S/C13H13Cl2N3OS/c1-7-17-5-9(20-7)6-18(2)13(19)10-3-8(16)4-11(14)12(10)15/h3-5H,6,16H2,1-2H3. The van der Waals surface area contributed by atoms with Crippen LogP contribution in [-0.2, 0) is 6.54 Å². The summed E-state index contributed by atoms with van der Waals surface area (Å²) in [7, 11) is 1.70. The fourth-order valence-electron chi connectivity index (χ4n) is 1.76. The molecule has 1 heterocycles. The Labute approximate surface area is 131 Å². The number of thiazole rings is 1. The van der Waals surface area contributed by atoms with Gasteiger partial charge in [0.05, 0.1) is 27.2 Å². The summed E-state index contributed by atoms with van der Waals surface area (Å²) < 4.78 is 0. The molecule has 1 amide bonds. The minimum absolute atomic E-state index is 0.221. The number of halogens is 2. The van der Waals surface area contributed by atoms with Crippen LogP contribution in [0.2, 0.25) is 10.0 Å². The number of aromatic nitrogens is 1. The van der Waals surface area contributed by atoms with E-state index in [2.05, 4.69) is 4.98 Å². The van der Waals surface area contributed by atoms with Crippen LogP contribution >= 0.6 is 34.5 Å². The molecular formula is C13H13Cl2N3OS. The molecule has 106 valence electrons. The molecule has 1 aromatic carbocycles. The average Bonchev–Trinajstić information content (AvgIpc) is 2.78. The van der Waals surface area contributed by atoms with E-state index < -0.39 is 0 Å². The van der Waals surface area contributed by atoms with Gasteiger partial charge in [-0.3, -0.25) is 4.79 Å². The van der Waals surface area contributed by atoms with Gasteiger partial charge in [0.15, 0.2) is 0 Å². The molecule has 0 fully saturated rings. The molecule has 1 aromatic heterocycles. The number of nitrogens with two attached hydrogens (primary N) is 1. The predicted molar refractivity (Wildman–Crippen MR) is 83.5 cm³/mol. The highest BCUT2D eigenvalue weighted by atomic mass is 35.5. The molecule has 0 unspecified atom stereocenters. The molecule has 0 aliphatic rings. The van der Waals surface area contributed by atoms with E-state index in [-0.39, 0.29) is 16.0 Å². The molecule has 2 rings (SSSR count). The van der Waals surface area contributed by atoms with E-state index in [4.69, 9.17) is 28.9 Å². The molecule has 0 atom stereocenters. The van der Waals surface area contributed by atoms with Crippen LogP contribution in [0.5, 0.6) is 0 Å². The predicted octanol–water partition coefficient (Wildman–Crippen LogP) is 3.61. The van der Waals surface area contributed by atoms with Gasteiger partial charge in [0.1, 0.15) is 0 Å². The van der Waals surface area contributed by atoms with E-state index >= 15 is 0 Å². The van der Waals surface area contributed by atoms with E-state index in [0.29, 0.717) is 17.8 Å². The molecule has 2 N–H and O–H groups in total. The maximum absolute atomic E-state index is 12.4. The zero-order valence-corrected chi connectivity index (χ0v) is 13.3. The lowest BCUT2D eigenvalue weighted by atomic mass is 10.1. The van der Waals surface area contributed by atoms with Gasteiger partial charge in [-0.05, 0) is 19.1 Å². The quantitative estimate of drug-likeness (QED) is 0.875. The minimum atomic E-state index is -0.227. The van der Waals surface area contributed by atoms with Gasteiger partial charge in [0.25, 0.3) is 5.91 Å². The van der Waals surface area contributed by atoms with Crippen molar-refractivity contribution in [2.45, 2.75) is 13.5 Å². The molecule has 0 saturated heterocycles. The lowest BCUT2D eigenvalue weighted by molar-refractivity contribution is 0.0786. The number of nitrogens with zero attached hydrogens (tertiary/aromatic N) is 2. The summed E-state index contributed by atoms with van der Waals surface area (Å²) in [4.78, 5) is 19.1. The highest BCUT2D eigenvalue weighted by molar-refractivity contribution is 7.11. The number of carbonyl (C=O) groups excluding carboxylic acids is 1. The Hall–Kier alpha value is -1.30. The van der Waals surface area contributed by atoms with E-state index in [1.807, 2.05) is 6.92 Å².